The monoisotopic (exact) mass is 321 g/mol. The van der Waals surface area contributed by atoms with Crippen molar-refractivity contribution in [3.63, 3.8) is 0 Å². The van der Waals surface area contributed by atoms with Gasteiger partial charge in [-0.05, 0) is 38.4 Å². The van der Waals surface area contributed by atoms with Crippen molar-refractivity contribution in [2.75, 3.05) is 20.2 Å². The van der Waals surface area contributed by atoms with Crippen LogP contribution in [0.25, 0.3) is 5.65 Å². The first-order valence-electron chi connectivity index (χ1n) is 7.60. The number of ether oxygens (including phenoxy) is 1. The third kappa shape index (κ3) is 3.66. The Balaban J connectivity index is 1.73. The predicted octanol–water partition coefficient (Wildman–Crippen LogP) is 2.35. The smallest absolute Gasteiger partial charge is 0.258 e. The average Bonchev–Trinajstić information content (AvgIpc) is 2.49. The van der Waals surface area contributed by atoms with E-state index in [-0.39, 0.29) is 5.56 Å². The van der Waals surface area contributed by atoms with Gasteiger partial charge in [0.25, 0.3) is 5.56 Å². The zero-order valence-electron chi connectivity index (χ0n) is 12.7. The van der Waals surface area contributed by atoms with E-state index in [1.165, 1.54) is 10.8 Å². The molecule has 1 fully saturated rings. The van der Waals surface area contributed by atoms with E-state index >= 15 is 0 Å². The maximum atomic E-state index is 12.1. The molecule has 0 aliphatic carbocycles. The Kier molecular flexibility index (Phi) is 4.76. The van der Waals surface area contributed by atoms with Crippen molar-refractivity contribution < 1.29 is 4.74 Å². The molecule has 2 aromatic heterocycles. The van der Waals surface area contributed by atoms with Crippen molar-refractivity contribution in [1.82, 2.24) is 14.3 Å². The lowest BCUT2D eigenvalue weighted by Crippen LogP contribution is -2.33. The zero-order chi connectivity index (χ0) is 15.5. The van der Waals surface area contributed by atoms with Gasteiger partial charge in [-0.25, -0.2) is 4.98 Å². The fraction of sp³-hybridized carbons (Fsp3) is 0.500. The Morgan fingerprint density at radius 1 is 1.45 bits per heavy atom. The molecule has 2 aromatic rings. The fourth-order valence-electron chi connectivity index (χ4n) is 2.85. The van der Waals surface area contributed by atoms with Gasteiger partial charge in [0, 0.05) is 32.0 Å². The van der Waals surface area contributed by atoms with E-state index in [4.69, 9.17) is 16.3 Å². The van der Waals surface area contributed by atoms with Crippen molar-refractivity contribution in [1.29, 1.82) is 0 Å². The van der Waals surface area contributed by atoms with Gasteiger partial charge in [0.2, 0.25) is 0 Å². The summed E-state index contributed by atoms with van der Waals surface area (Å²) in [6.45, 7) is 2.35. The number of halogens is 1. The van der Waals surface area contributed by atoms with Gasteiger partial charge in [0.15, 0.2) is 0 Å². The number of rotatable bonds is 4. The Labute approximate surface area is 134 Å². The number of likely N-dealkylation sites (N-methyl/N-ethyl adjacent to an activating group) is 1. The molecule has 0 amide bonds. The first kappa shape index (κ1) is 15.5. The second-order valence-corrected chi connectivity index (χ2v) is 6.28. The molecule has 22 heavy (non-hydrogen) atoms. The molecule has 0 spiro atoms. The number of hydrogen-bond acceptors (Lipinski definition) is 4. The summed E-state index contributed by atoms with van der Waals surface area (Å²) in [7, 11) is 2.03. The van der Waals surface area contributed by atoms with Crippen LogP contribution in [-0.4, -0.2) is 40.6 Å². The van der Waals surface area contributed by atoms with Gasteiger partial charge in [0.05, 0.1) is 16.8 Å². The Hall–Kier alpha value is -1.43. The Bertz CT molecular complexity index is 710. The largest absolute Gasteiger partial charge is 0.377 e. The van der Waals surface area contributed by atoms with Crippen LogP contribution in [0, 0.1) is 0 Å². The van der Waals surface area contributed by atoms with Gasteiger partial charge >= 0.3 is 0 Å². The minimum atomic E-state index is -0.107. The van der Waals surface area contributed by atoms with E-state index in [2.05, 4.69) is 9.88 Å². The second kappa shape index (κ2) is 6.77. The van der Waals surface area contributed by atoms with Crippen molar-refractivity contribution >= 4 is 17.2 Å². The molecule has 0 saturated carbocycles. The first-order chi connectivity index (χ1) is 10.6. The number of nitrogens with zero attached hydrogens (tertiary/aromatic N) is 3. The minimum Gasteiger partial charge on any atom is -0.377 e. The predicted molar refractivity (Wildman–Crippen MR) is 86.4 cm³/mol. The van der Waals surface area contributed by atoms with Crippen LogP contribution in [-0.2, 0) is 11.3 Å². The average molecular weight is 322 g/mol. The zero-order valence-corrected chi connectivity index (χ0v) is 13.4. The molecule has 1 atom stereocenters. The molecule has 118 valence electrons. The highest BCUT2D eigenvalue weighted by atomic mass is 35.5. The molecule has 0 radical (unpaired) electrons. The molecule has 6 heteroatoms. The van der Waals surface area contributed by atoms with Crippen molar-refractivity contribution in [3.8, 4) is 0 Å². The van der Waals surface area contributed by atoms with Gasteiger partial charge in [0.1, 0.15) is 5.65 Å². The van der Waals surface area contributed by atoms with Crippen molar-refractivity contribution in [2.45, 2.75) is 31.9 Å². The minimum absolute atomic E-state index is 0.107. The lowest BCUT2D eigenvalue weighted by molar-refractivity contribution is -0.00274. The molecule has 5 nitrogen and oxygen atoms in total. The third-order valence-corrected chi connectivity index (χ3v) is 4.12. The summed E-state index contributed by atoms with van der Waals surface area (Å²) in [5.41, 5.74) is 1.28. The molecule has 1 aliphatic rings. The van der Waals surface area contributed by atoms with Gasteiger partial charge in [-0.3, -0.25) is 14.1 Å². The van der Waals surface area contributed by atoms with Crippen LogP contribution in [0.3, 0.4) is 0 Å². The van der Waals surface area contributed by atoms with Crippen molar-refractivity contribution in [3.05, 3.63) is 45.5 Å². The highest BCUT2D eigenvalue weighted by molar-refractivity contribution is 6.30. The maximum absolute atomic E-state index is 12.1. The summed E-state index contributed by atoms with van der Waals surface area (Å²) in [5, 5.41) is 0.524. The van der Waals surface area contributed by atoms with E-state index in [1.807, 2.05) is 7.05 Å². The highest BCUT2D eigenvalue weighted by Crippen LogP contribution is 2.14. The van der Waals surface area contributed by atoms with Crippen LogP contribution in [0.1, 0.15) is 25.0 Å². The summed E-state index contributed by atoms with van der Waals surface area (Å²) in [6.07, 6.45) is 5.38. The lowest BCUT2D eigenvalue weighted by Gasteiger charge is -2.27. The molecule has 0 unspecified atom stereocenters. The van der Waals surface area contributed by atoms with Crippen LogP contribution in [0.5, 0.6) is 0 Å². The van der Waals surface area contributed by atoms with Crippen LogP contribution >= 0.6 is 11.6 Å². The Morgan fingerprint density at radius 2 is 2.32 bits per heavy atom. The van der Waals surface area contributed by atoms with E-state index in [0.717, 1.165) is 31.7 Å². The summed E-state index contributed by atoms with van der Waals surface area (Å²) >= 11 is 5.91. The first-order valence-corrected chi connectivity index (χ1v) is 7.97. The molecule has 0 N–H and O–H groups in total. The fourth-order valence-corrected chi connectivity index (χ4v) is 3.01. The molecule has 0 aromatic carbocycles. The summed E-state index contributed by atoms with van der Waals surface area (Å²) in [5.74, 6) is 0. The van der Waals surface area contributed by atoms with E-state index in [9.17, 15) is 4.79 Å². The lowest BCUT2D eigenvalue weighted by atomic mass is 10.1. The van der Waals surface area contributed by atoms with Crippen LogP contribution < -0.4 is 5.56 Å². The highest BCUT2D eigenvalue weighted by Gasteiger charge is 2.16. The van der Waals surface area contributed by atoms with Gasteiger partial charge in [-0.15, -0.1) is 0 Å². The number of aromatic nitrogens is 2. The van der Waals surface area contributed by atoms with Gasteiger partial charge in [-0.1, -0.05) is 11.6 Å². The molecule has 0 bridgehead atoms. The SMILES string of the molecule is CN(Cc1cc(=O)n2cc(Cl)ccc2n1)C[C@H]1CCCCO1. The third-order valence-electron chi connectivity index (χ3n) is 3.90. The number of hydrogen-bond donors (Lipinski definition) is 0. The van der Waals surface area contributed by atoms with E-state index in [1.54, 1.807) is 24.4 Å². The van der Waals surface area contributed by atoms with Gasteiger partial charge < -0.3 is 4.74 Å². The molecule has 1 aliphatic heterocycles. The van der Waals surface area contributed by atoms with Crippen LogP contribution in [0.4, 0.5) is 0 Å². The van der Waals surface area contributed by atoms with Crippen LogP contribution in [0.2, 0.25) is 5.02 Å². The topological polar surface area (TPSA) is 46.8 Å². The quantitative estimate of drug-likeness (QED) is 0.867. The molecular formula is C16H20ClN3O2. The van der Waals surface area contributed by atoms with Gasteiger partial charge in [-0.2, -0.15) is 0 Å². The summed E-state index contributed by atoms with van der Waals surface area (Å²) < 4.78 is 7.22. The second-order valence-electron chi connectivity index (χ2n) is 5.85. The van der Waals surface area contributed by atoms with Crippen molar-refractivity contribution in [2.24, 2.45) is 0 Å². The molecule has 1 saturated heterocycles. The number of pyridine rings is 1. The molecule has 3 rings (SSSR count). The summed E-state index contributed by atoms with van der Waals surface area (Å²) in [6, 6.07) is 5.08. The molecular weight excluding hydrogens is 302 g/mol. The standard InChI is InChI=1S/C16H20ClN3O2/c1-19(11-14-4-2-3-7-22-14)10-13-8-16(21)20-9-12(17)5-6-15(20)18-13/h5-6,8-9,14H,2-4,7,10-11H2,1H3/t14-/m1/s1. The molecule has 3 heterocycles. The van der Waals surface area contributed by atoms with E-state index in [0.29, 0.717) is 23.3 Å². The van der Waals surface area contributed by atoms with E-state index < -0.39 is 0 Å². The summed E-state index contributed by atoms with van der Waals surface area (Å²) in [4.78, 5) is 18.8. The number of fused-ring (bicyclic) bond motifs is 1. The Morgan fingerprint density at radius 3 is 3.09 bits per heavy atom. The normalized spacial score (nSPS) is 19.0. The van der Waals surface area contributed by atoms with Crippen LogP contribution in [0.15, 0.2) is 29.2 Å². The maximum Gasteiger partial charge on any atom is 0.258 e.